The van der Waals surface area contributed by atoms with Crippen molar-refractivity contribution >= 4 is 11.8 Å². The van der Waals surface area contributed by atoms with E-state index in [1.54, 1.807) is 12.0 Å². The van der Waals surface area contributed by atoms with Crippen LogP contribution < -0.4 is 14.2 Å². The van der Waals surface area contributed by atoms with Crippen LogP contribution in [0.2, 0.25) is 0 Å². The summed E-state index contributed by atoms with van der Waals surface area (Å²) >= 11 is 0. The molecule has 1 saturated heterocycles. The van der Waals surface area contributed by atoms with E-state index in [4.69, 9.17) is 14.2 Å². The lowest BCUT2D eigenvalue weighted by Crippen LogP contribution is -2.57. The van der Waals surface area contributed by atoms with E-state index in [1.165, 1.54) is 12.8 Å². The summed E-state index contributed by atoms with van der Waals surface area (Å²) in [6, 6.07) is 12.6. The van der Waals surface area contributed by atoms with Crippen LogP contribution in [-0.2, 0) is 16.1 Å². The van der Waals surface area contributed by atoms with Gasteiger partial charge in [0, 0.05) is 12.6 Å². The quantitative estimate of drug-likeness (QED) is 0.643. The van der Waals surface area contributed by atoms with E-state index < -0.39 is 6.04 Å². The lowest BCUT2D eigenvalue weighted by molar-refractivity contribution is -0.159. The molecule has 33 heavy (non-hydrogen) atoms. The number of nitrogens with zero attached hydrogens (tertiary/aromatic N) is 2. The molecule has 2 aromatic carbocycles. The molecule has 0 bridgehead atoms. The van der Waals surface area contributed by atoms with Crippen LogP contribution in [-0.4, -0.2) is 48.1 Å². The van der Waals surface area contributed by atoms with Gasteiger partial charge in [-0.15, -0.1) is 0 Å². The van der Waals surface area contributed by atoms with Gasteiger partial charge in [-0.2, -0.15) is 0 Å². The lowest BCUT2D eigenvalue weighted by Gasteiger charge is -2.43. The van der Waals surface area contributed by atoms with Crippen LogP contribution in [0.4, 0.5) is 0 Å². The van der Waals surface area contributed by atoms with Gasteiger partial charge in [-0.05, 0) is 48.2 Å². The van der Waals surface area contributed by atoms with Crippen molar-refractivity contribution in [2.45, 2.75) is 57.2 Å². The van der Waals surface area contributed by atoms with E-state index in [-0.39, 0.29) is 31.2 Å². The fourth-order valence-corrected chi connectivity index (χ4v) is 5.15. The standard InChI is InChI=1S/C26H30N2O5/c1-31-21-11-9-19(10-12-21)25-26(30)27(20-6-4-2-3-5-7-20)16-24(29)28(25)15-18-8-13-22-23(14-18)33-17-32-22/h8-14,20,25H,2-7,15-17H2,1H3/t25-/m0/s1. The number of amides is 2. The Morgan fingerprint density at radius 1 is 0.939 bits per heavy atom. The Kier molecular flexibility index (Phi) is 6.11. The summed E-state index contributed by atoms with van der Waals surface area (Å²) in [5.41, 5.74) is 1.70. The van der Waals surface area contributed by atoms with Crippen LogP contribution in [0.1, 0.15) is 55.7 Å². The molecule has 0 N–H and O–H groups in total. The predicted molar refractivity (Wildman–Crippen MR) is 122 cm³/mol. The van der Waals surface area contributed by atoms with Crippen molar-refractivity contribution in [2.24, 2.45) is 0 Å². The molecule has 0 radical (unpaired) electrons. The molecule has 1 saturated carbocycles. The number of rotatable bonds is 5. The topological polar surface area (TPSA) is 68.3 Å². The van der Waals surface area contributed by atoms with Gasteiger partial charge in [0.1, 0.15) is 18.3 Å². The molecule has 2 fully saturated rings. The summed E-state index contributed by atoms with van der Waals surface area (Å²) < 4.78 is 16.2. The lowest BCUT2D eigenvalue weighted by atomic mass is 9.97. The van der Waals surface area contributed by atoms with Gasteiger partial charge in [-0.25, -0.2) is 0 Å². The number of benzene rings is 2. The monoisotopic (exact) mass is 450 g/mol. The zero-order valence-corrected chi connectivity index (χ0v) is 19.0. The van der Waals surface area contributed by atoms with E-state index in [0.29, 0.717) is 18.0 Å². The first kappa shape index (κ1) is 21.6. The molecule has 0 aromatic heterocycles. The number of hydrogen-bond acceptors (Lipinski definition) is 5. The minimum atomic E-state index is -0.661. The molecular formula is C26H30N2O5. The Labute approximate surface area is 194 Å². The third kappa shape index (κ3) is 4.36. The average Bonchev–Trinajstić information content (AvgIpc) is 3.14. The highest BCUT2D eigenvalue weighted by atomic mass is 16.7. The Balaban J connectivity index is 1.46. The molecule has 2 heterocycles. The molecule has 7 nitrogen and oxygen atoms in total. The summed E-state index contributed by atoms with van der Waals surface area (Å²) in [6.45, 7) is 0.669. The molecule has 0 unspecified atom stereocenters. The summed E-state index contributed by atoms with van der Waals surface area (Å²) in [6.07, 6.45) is 6.55. The molecule has 1 aliphatic carbocycles. The number of ether oxygens (including phenoxy) is 3. The van der Waals surface area contributed by atoms with E-state index in [1.807, 2.05) is 47.4 Å². The highest BCUT2D eigenvalue weighted by Gasteiger charge is 2.42. The first-order chi connectivity index (χ1) is 16.1. The minimum absolute atomic E-state index is 0.00686. The van der Waals surface area contributed by atoms with E-state index >= 15 is 0 Å². The molecule has 2 aromatic rings. The first-order valence-corrected chi connectivity index (χ1v) is 11.8. The van der Waals surface area contributed by atoms with Gasteiger partial charge in [0.15, 0.2) is 11.5 Å². The second kappa shape index (κ2) is 9.33. The Morgan fingerprint density at radius 3 is 2.39 bits per heavy atom. The number of hydrogen-bond donors (Lipinski definition) is 0. The van der Waals surface area contributed by atoms with Crippen molar-refractivity contribution in [3.05, 3.63) is 53.6 Å². The maximum atomic E-state index is 13.9. The number of carbonyl (C=O) groups excluding carboxylic acids is 2. The molecule has 2 amide bonds. The Bertz CT molecular complexity index is 1010. The van der Waals surface area contributed by atoms with E-state index in [2.05, 4.69) is 0 Å². The fourth-order valence-electron chi connectivity index (χ4n) is 5.15. The highest BCUT2D eigenvalue weighted by Crippen LogP contribution is 2.36. The molecule has 2 aliphatic heterocycles. The van der Waals surface area contributed by atoms with Crippen LogP contribution in [0.3, 0.4) is 0 Å². The smallest absolute Gasteiger partial charge is 0.250 e. The molecule has 174 valence electrons. The van der Waals surface area contributed by atoms with Crippen molar-refractivity contribution in [3.63, 3.8) is 0 Å². The summed E-state index contributed by atoms with van der Waals surface area (Å²) in [4.78, 5) is 30.9. The van der Waals surface area contributed by atoms with Crippen molar-refractivity contribution < 1.29 is 23.8 Å². The summed E-state index contributed by atoms with van der Waals surface area (Å²) in [7, 11) is 1.62. The van der Waals surface area contributed by atoms with Gasteiger partial charge >= 0.3 is 0 Å². The largest absolute Gasteiger partial charge is 0.497 e. The van der Waals surface area contributed by atoms with Gasteiger partial charge in [-0.3, -0.25) is 9.59 Å². The molecule has 5 rings (SSSR count). The molecule has 1 atom stereocenters. The third-order valence-corrected chi connectivity index (χ3v) is 6.94. The second-order valence-corrected chi connectivity index (χ2v) is 9.00. The number of methoxy groups -OCH3 is 1. The highest BCUT2D eigenvalue weighted by molar-refractivity contribution is 5.95. The summed E-state index contributed by atoms with van der Waals surface area (Å²) in [5.74, 6) is 2.07. The zero-order valence-electron chi connectivity index (χ0n) is 19.0. The van der Waals surface area contributed by atoms with E-state index in [0.717, 1.165) is 42.6 Å². The van der Waals surface area contributed by atoms with Crippen LogP contribution in [0.5, 0.6) is 17.2 Å². The average molecular weight is 451 g/mol. The van der Waals surface area contributed by atoms with Gasteiger partial charge in [0.25, 0.3) is 5.91 Å². The van der Waals surface area contributed by atoms with Gasteiger partial charge in [0.05, 0.1) is 7.11 Å². The maximum absolute atomic E-state index is 13.9. The number of piperazine rings is 1. The first-order valence-electron chi connectivity index (χ1n) is 11.8. The normalized spacial score (nSPS) is 21.3. The van der Waals surface area contributed by atoms with Gasteiger partial charge in [-0.1, -0.05) is 43.9 Å². The van der Waals surface area contributed by atoms with Crippen molar-refractivity contribution in [2.75, 3.05) is 20.4 Å². The number of fused-ring (bicyclic) bond motifs is 1. The van der Waals surface area contributed by atoms with E-state index in [9.17, 15) is 9.59 Å². The Hall–Kier alpha value is -3.22. The van der Waals surface area contributed by atoms with Crippen molar-refractivity contribution in [1.82, 2.24) is 9.80 Å². The van der Waals surface area contributed by atoms with Crippen LogP contribution in [0.25, 0.3) is 0 Å². The zero-order chi connectivity index (χ0) is 22.8. The predicted octanol–water partition coefficient (Wildman–Crippen LogP) is 4.06. The Morgan fingerprint density at radius 2 is 1.67 bits per heavy atom. The third-order valence-electron chi connectivity index (χ3n) is 6.94. The SMILES string of the molecule is COc1ccc([C@H]2C(=O)N(C3CCCCCC3)CC(=O)N2Cc2ccc3c(c2)OCO3)cc1. The molecule has 3 aliphatic rings. The van der Waals surface area contributed by atoms with Crippen LogP contribution >= 0.6 is 0 Å². The van der Waals surface area contributed by atoms with Crippen LogP contribution in [0.15, 0.2) is 42.5 Å². The van der Waals surface area contributed by atoms with Crippen molar-refractivity contribution in [3.8, 4) is 17.2 Å². The molecule has 0 spiro atoms. The van der Waals surface area contributed by atoms with Gasteiger partial charge in [0.2, 0.25) is 12.7 Å². The maximum Gasteiger partial charge on any atom is 0.250 e. The van der Waals surface area contributed by atoms with Crippen LogP contribution in [0, 0.1) is 0 Å². The van der Waals surface area contributed by atoms with Gasteiger partial charge < -0.3 is 24.0 Å². The second-order valence-electron chi connectivity index (χ2n) is 9.00. The summed E-state index contributed by atoms with van der Waals surface area (Å²) in [5, 5.41) is 0. The minimum Gasteiger partial charge on any atom is -0.497 e. The van der Waals surface area contributed by atoms with Crippen molar-refractivity contribution in [1.29, 1.82) is 0 Å². The molecular weight excluding hydrogens is 420 g/mol. The number of carbonyl (C=O) groups is 2. The molecule has 7 heteroatoms. The fraction of sp³-hybridized carbons (Fsp3) is 0.462.